The standard InChI is InChI=1S/C18H23N3OS/c1-14-6-10-21(11-7-14)18(22)12-16-13-23-17(20-16)3-2-15-4-8-19-9-5-15/h4-5,8-9,13-14H,2-3,6-7,10-12H2,1H3. The number of aromatic nitrogens is 2. The molecule has 3 heterocycles. The number of rotatable bonds is 5. The zero-order valence-corrected chi connectivity index (χ0v) is 14.4. The number of likely N-dealkylation sites (tertiary alicyclic amines) is 1. The van der Waals surface area contributed by atoms with Crippen LogP contribution in [0.4, 0.5) is 0 Å². The van der Waals surface area contributed by atoms with Gasteiger partial charge in [0.05, 0.1) is 17.1 Å². The number of carbonyl (C=O) groups is 1. The summed E-state index contributed by atoms with van der Waals surface area (Å²) in [5.74, 6) is 0.973. The van der Waals surface area contributed by atoms with Crippen molar-refractivity contribution in [1.82, 2.24) is 14.9 Å². The van der Waals surface area contributed by atoms with E-state index in [1.165, 1.54) is 5.56 Å². The Kier molecular flexibility index (Phi) is 5.39. The van der Waals surface area contributed by atoms with Crippen LogP contribution in [-0.2, 0) is 24.1 Å². The maximum absolute atomic E-state index is 12.3. The van der Waals surface area contributed by atoms with Gasteiger partial charge < -0.3 is 4.90 Å². The van der Waals surface area contributed by atoms with Crippen molar-refractivity contribution in [3.8, 4) is 0 Å². The van der Waals surface area contributed by atoms with Crippen LogP contribution in [0, 0.1) is 5.92 Å². The van der Waals surface area contributed by atoms with E-state index in [1.54, 1.807) is 11.3 Å². The minimum Gasteiger partial charge on any atom is -0.342 e. The second-order valence-corrected chi connectivity index (χ2v) is 7.27. The highest BCUT2D eigenvalue weighted by Crippen LogP contribution is 2.18. The number of hydrogen-bond donors (Lipinski definition) is 0. The maximum Gasteiger partial charge on any atom is 0.228 e. The summed E-state index contributed by atoms with van der Waals surface area (Å²) in [7, 11) is 0. The summed E-state index contributed by atoms with van der Waals surface area (Å²) in [5.41, 5.74) is 2.19. The Morgan fingerprint density at radius 3 is 2.74 bits per heavy atom. The summed E-state index contributed by atoms with van der Waals surface area (Å²) in [6.07, 6.45) is 8.22. The number of pyridine rings is 1. The molecule has 23 heavy (non-hydrogen) atoms. The lowest BCUT2D eigenvalue weighted by atomic mass is 9.99. The van der Waals surface area contributed by atoms with E-state index in [9.17, 15) is 4.79 Å². The molecule has 2 aromatic rings. The first kappa shape index (κ1) is 16.1. The van der Waals surface area contributed by atoms with E-state index in [0.717, 1.165) is 55.4 Å². The third-order valence-electron chi connectivity index (χ3n) is 4.44. The van der Waals surface area contributed by atoms with Gasteiger partial charge >= 0.3 is 0 Å². The summed E-state index contributed by atoms with van der Waals surface area (Å²) in [4.78, 5) is 23.0. The van der Waals surface area contributed by atoms with Crippen LogP contribution < -0.4 is 0 Å². The molecule has 1 amide bonds. The molecule has 1 aliphatic rings. The number of thiazole rings is 1. The molecule has 0 radical (unpaired) electrons. The van der Waals surface area contributed by atoms with Crippen molar-refractivity contribution < 1.29 is 4.79 Å². The number of piperidine rings is 1. The molecule has 0 aromatic carbocycles. The Morgan fingerprint density at radius 2 is 2.00 bits per heavy atom. The number of aryl methyl sites for hydroxylation is 2. The number of amides is 1. The van der Waals surface area contributed by atoms with Crippen LogP contribution in [0.5, 0.6) is 0 Å². The van der Waals surface area contributed by atoms with Crippen molar-refractivity contribution in [2.45, 2.75) is 39.0 Å². The van der Waals surface area contributed by atoms with Crippen molar-refractivity contribution in [1.29, 1.82) is 0 Å². The maximum atomic E-state index is 12.3. The molecular formula is C18H23N3OS. The van der Waals surface area contributed by atoms with Gasteiger partial charge in [-0.3, -0.25) is 9.78 Å². The normalized spacial score (nSPS) is 15.8. The highest BCUT2D eigenvalue weighted by atomic mass is 32.1. The van der Waals surface area contributed by atoms with Gasteiger partial charge in [0.15, 0.2) is 0 Å². The van der Waals surface area contributed by atoms with Crippen LogP contribution in [0.2, 0.25) is 0 Å². The summed E-state index contributed by atoms with van der Waals surface area (Å²) in [5, 5.41) is 3.14. The van der Waals surface area contributed by atoms with Gasteiger partial charge in [0.1, 0.15) is 0 Å². The van der Waals surface area contributed by atoms with E-state index in [-0.39, 0.29) is 5.91 Å². The average Bonchev–Trinajstić information content (AvgIpc) is 3.02. The zero-order chi connectivity index (χ0) is 16.1. The summed E-state index contributed by atoms with van der Waals surface area (Å²) in [6, 6.07) is 4.07. The molecule has 4 nitrogen and oxygen atoms in total. The van der Waals surface area contributed by atoms with E-state index < -0.39 is 0 Å². The number of nitrogens with zero attached hydrogens (tertiary/aromatic N) is 3. The smallest absolute Gasteiger partial charge is 0.228 e. The van der Waals surface area contributed by atoms with E-state index in [2.05, 4.69) is 16.9 Å². The Bertz CT molecular complexity index is 633. The Balaban J connectivity index is 1.50. The lowest BCUT2D eigenvalue weighted by molar-refractivity contribution is -0.131. The zero-order valence-electron chi connectivity index (χ0n) is 13.6. The Labute approximate surface area is 141 Å². The molecule has 2 aromatic heterocycles. The predicted octanol–water partition coefficient (Wildman–Crippen LogP) is 3.12. The highest BCUT2D eigenvalue weighted by molar-refractivity contribution is 7.09. The van der Waals surface area contributed by atoms with Crippen LogP contribution in [0.25, 0.3) is 0 Å². The fraction of sp³-hybridized carbons (Fsp3) is 0.500. The first-order valence-electron chi connectivity index (χ1n) is 8.30. The van der Waals surface area contributed by atoms with Crippen LogP contribution >= 0.6 is 11.3 Å². The van der Waals surface area contributed by atoms with Gasteiger partial charge in [-0.15, -0.1) is 11.3 Å². The van der Waals surface area contributed by atoms with E-state index in [4.69, 9.17) is 0 Å². The average molecular weight is 329 g/mol. The summed E-state index contributed by atoms with van der Waals surface area (Å²) < 4.78 is 0. The van der Waals surface area contributed by atoms with Crippen LogP contribution in [-0.4, -0.2) is 33.9 Å². The van der Waals surface area contributed by atoms with Gasteiger partial charge in [0, 0.05) is 37.3 Å². The van der Waals surface area contributed by atoms with Crippen molar-refractivity contribution >= 4 is 17.2 Å². The third kappa shape index (κ3) is 4.61. The monoisotopic (exact) mass is 329 g/mol. The predicted molar refractivity (Wildman–Crippen MR) is 92.4 cm³/mol. The fourth-order valence-corrected chi connectivity index (χ4v) is 3.67. The van der Waals surface area contributed by atoms with E-state index >= 15 is 0 Å². The van der Waals surface area contributed by atoms with Crippen LogP contribution in [0.1, 0.15) is 36.0 Å². The first-order chi connectivity index (χ1) is 11.2. The van der Waals surface area contributed by atoms with Gasteiger partial charge in [-0.1, -0.05) is 6.92 Å². The minimum atomic E-state index is 0.225. The molecule has 1 fully saturated rings. The molecule has 0 spiro atoms. The van der Waals surface area contributed by atoms with Crippen LogP contribution in [0.3, 0.4) is 0 Å². The van der Waals surface area contributed by atoms with Crippen molar-refractivity contribution in [2.24, 2.45) is 5.92 Å². The molecule has 0 atom stereocenters. The van der Waals surface area contributed by atoms with E-state index in [1.807, 2.05) is 34.8 Å². The van der Waals surface area contributed by atoms with E-state index in [0.29, 0.717) is 6.42 Å². The molecule has 1 saturated heterocycles. The van der Waals surface area contributed by atoms with Gasteiger partial charge in [-0.25, -0.2) is 4.98 Å². The quantitative estimate of drug-likeness (QED) is 0.847. The molecular weight excluding hydrogens is 306 g/mol. The molecule has 1 aliphatic heterocycles. The molecule has 0 N–H and O–H groups in total. The molecule has 0 saturated carbocycles. The molecule has 0 unspecified atom stereocenters. The van der Waals surface area contributed by atoms with Gasteiger partial charge in [0.2, 0.25) is 5.91 Å². The van der Waals surface area contributed by atoms with Crippen LogP contribution in [0.15, 0.2) is 29.9 Å². The lowest BCUT2D eigenvalue weighted by Gasteiger charge is -2.30. The molecule has 5 heteroatoms. The Hall–Kier alpha value is -1.75. The minimum absolute atomic E-state index is 0.225. The van der Waals surface area contributed by atoms with Gasteiger partial charge in [-0.2, -0.15) is 0 Å². The second-order valence-electron chi connectivity index (χ2n) is 6.33. The largest absolute Gasteiger partial charge is 0.342 e. The number of carbonyl (C=O) groups excluding carboxylic acids is 1. The lowest BCUT2D eigenvalue weighted by Crippen LogP contribution is -2.38. The van der Waals surface area contributed by atoms with Gasteiger partial charge in [-0.05, 0) is 42.9 Å². The Morgan fingerprint density at radius 1 is 1.26 bits per heavy atom. The molecule has 3 rings (SSSR count). The first-order valence-corrected chi connectivity index (χ1v) is 9.18. The molecule has 0 bridgehead atoms. The topological polar surface area (TPSA) is 46.1 Å². The second kappa shape index (κ2) is 7.68. The van der Waals surface area contributed by atoms with Crippen molar-refractivity contribution in [3.63, 3.8) is 0 Å². The summed E-state index contributed by atoms with van der Waals surface area (Å²) >= 11 is 1.66. The van der Waals surface area contributed by atoms with Crippen molar-refractivity contribution in [3.05, 3.63) is 46.2 Å². The third-order valence-corrected chi connectivity index (χ3v) is 5.40. The fourth-order valence-electron chi connectivity index (χ4n) is 2.87. The SMILES string of the molecule is CC1CCN(C(=O)Cc2csc(CCc3ccncc3)n2)CC1. The number of hydrogen-bond acceptors (Lipinski definition) is 4. The summed E-state index contributed by atoms with van der Waals surface area (Å²) in [6.45, 7) is 4.06. The van der Waals surface area contributed by atoms with Crippen molar-refractivity contribution in [2.75, 3.05) is 13.1 Å². The molecule has 0 aliphatic carbocycles. The molecule has 122 valence electrons. The highest BCUT2D eigenvalue weighted by Gasteiger charge is 2.21. The van der Waals surface area contributed by atoms with Gasteiger partial charge in [0.25, 0.3) is 0 Å².